The van der Waals surface area contributed by atoms with Crippen molar-refractivity contribution in [3.05, 3.63) is 63.2 Å². The number of benzene rings is 2. The Kier molecular flexibility index (Phi) is 4.92. The van der Waals surface area contributed by atoms with Crippen LogP contribution in [0, 0.1) is 10.5 Å². The lowest BCUT2D eigenvalue weighted by Crippen LogP contribution is -2.03. The molecule has 0 aliphatic rings. The number of hydrogen-bond acceptors (Lipinski definition) is 8. The monoisotopic (exact) mass is 471 g/mol. The summed E-state index contributed by atoms with van der Waals surface area (Å²) in [5, 5.41) is 14.9. The van der Waals surface area contributed by atoms with Crippen molar-refractivity contribution in [1.82, 2.24) is 20.3 Å². The highest BCUT2D eigenvalue weighted by Gasteiger charge is 2.12. The van der Waals surface area contributed by atoms with Crippen molar-refractivity contribution in [3.8, 4) is 0 Å². The first-order valence-electron chi connectivity index (χ1n) is 8.06. The summed E-state index contributed by atoms with van der Waals surface area (Å²) in [7, 11) is 0. The average Bonchev–Trinajstić information content (AvgIpc) is 3.12. The van der Waals surface area contributed by atoms with Crippen LogP contribution in [0.3, 0.4) is 0 Å². The van der Waals surface area contributed by atoms with Crippen molar-refractivity contribution >= 4 is 57.4 Å². The number of aromatic nitrogens is 4. The maximum Gasteiger partial charge on any atom is 0.245 e. The zero-order chi connectivity index (χ0) is 18.6. The highest BCUT2D eigenvalue weighted by molar-refractivity contribution is 14.1. The molecule has 0 bridgehead atoms. The molecule has 27 heavy (non-hydrogen) atoms. The summed E-state index contributed by atoms with van der Waals surface area (Å²) in [6.45, 7) is 2.04. The van der Waals surface area contributed by atoms with Crippen LogP contribution in [0.4, 0.5) is 17.3 Å². The summed E-state index contributed by atoms with van der Waals surface area (Å²) < 4.78 is 5.85. The van der Waals surface area contributed by atoms with Gasteiger partial charge in [0.2, 0.25) is 11.3 Å². The highest BCUT2D eigenvalue weighted by atomic mass is 127. The van der Waals surface area contributed by atoms with E-state index < -0.39 is 0 Å². The average molecular weight is 471 g/mol. The van der Waals surface area contributed by atoms with Gasteiger partial charge in [-0.05, 0) is 69.7 Å². The topological polar surface area (TPSA) is 101 Å². The normalized spacial score (nSPS) is 11.2. The summed E-state index contributed by atoms with van der Waals surface area (Å²) in [4.78, 5) is 8.79. The first kappa shape index (κ1) is 17.3. The van der Waals surface area contributed by atoms with Crippen LogP contribution < -0.4 is 10.7 Å². The van der Waals surface area contributed by atoms with Gasteiger partial charge in [0, 0.05) is 9.26 Å². The molecular formula is C18H14IN7O. The Bertz CT molecular complexity index is 1090. The van der Waals surface area contributed by atoms with E-state index >= 15 is 0 Å². The molecule has 2 N–H and O–H groups in total. The van der Waals surface area contributed by atoms with Crippen LogP contribution in [0.5, 0.6) is 0 Å². The molecule has 0 aliphatic carbocycles. The minimum Gasteiger partial charge on any atom is -0.337 e. The van der Waals surface area contributed by atoms with Gasteiger partial charge in [0.25, 0.3) is 0 Å². The van der Waals surface area contributed by atoms with Crippen molar-refractivity contribution in [3.63, 3.8) is 0 Å². The number of hydrogen-bond donors (Lipinski definition) is 2. The molecule has 0 fully saturated rings. The van der Waals surface area contributed by atoms with E-state index in [0.29, 0.717) is 22.9 Å². The zero-order valence-corrected chi connectivity index (χ0v) is 16.4. The number of fused-ring (bicyclic) bond motifs is 1. The Morgan fingerprint density at radius 1 is 0.926 bits per heavy atom. The van der Waals surface area contributed by atoms with Crippen LogP contribution in [0.15, 0.2) is 58.3 Å². The van der Waals surface area contributed by atoms with E-state index in [4.69, 9.17) is 4.63 Å². The Balaban J connectivity index is 1.61. The number of nitrogens with zero attached hydrogens (tertiary/aromatic N) is 5. The summed E-state index contributed by atoms with van der Waals surface area (Å²) >= 11 is 2.25. The quantitative estimate of drug-likeness (QED) is 0.257. The predicted molar refractivity (Wildman–Crippen MR) is 112 cm³/mol. The van der Waals surface area contributed by atoms with E-state index in [-0.39, 0.29) is 0 Å². The summed E-state index contributed by atoms with van der Waals surface area (Å²) in [5.74, 6) is 0.889. The van der Waals surface area contributed by atoms with Crippen LogP contribution in [-0.2, 0) is 0 Å². The van der Waals surface area contributed by atoms with Crippen molar-refractivity contribution < 1.29 is 4.63 Å². The molecule has 0 unspecified atom stereocenters. The van der Waals surface area contributed by atoms with Gasteiger partial charge in [-0.3, -0.25) is 5.43 Å². The van der Waals surface area contributed by atoms with E-state index in [1.54, 1.807) is 6.21 Å². The molecular weight excluding hydrogens is 457 g/mol. The van der Waals surface area contributed by atoms with Gasteiger partial charge in [-0.15, -0.1) is 0 Å². The Labute approximate surface area is 168 Å². The minimum atomic E-state index is 0.302. The summed E-state index contributed by atoms with van der Waals surface area (Å²) in [6, 6.07) is 15.9. The zero-order valence-electron chi connectivity index (χ0n) is 14.2. The highest BCUT2D eigenvalue weighted by Crippen LogP contribution is 2.24. The summed E-state index contributed by atoms with van der Waals surface area (Å²) in [5.41, 5.74) is 6.56. The van der Waals surface area contributed by atoms with Gasteiger partial charge in [0.05, 0.1) is 6.21 Å². The third-order valence-corrected chi connectivity index (χ3v) is 4.40. The van der Waals surface area contributed by atoms with Crippen LogP contribution in [0.25, 0.3) is 11.3 Å². The van der Waals surface area contributed by atoms with Crippen LogP contribution >= 0.6 is 22.6 Å². The third-order valence-electron chi connectivity index (χ3n) is 3.68. The van der Waals surface area contributed by atoms with Gasteiger partial charge in [0.1, 0.15) is 0 Å². The fraction of sp³-hybridized carbons (Fsp3) is 0.0556. The maximum absolute atomic E-state index is 4.71. The van der Waals surface area contributed by atoms with Crippen molar-refractivity contribution in [2.24, 2.45) is 5.10 Å². The van der Waals surface area contributed by atoms with Crippen molar-refractivity contribution in [2.45, 2.75) is 6.92 Å². The van der Waals surface area contributed by atoms with Gasteiger partial charge < -0.3 is 5.32 Å². The van der Waals surface area contributed by atoms with Crippen molar-refractivity contribution in [1.29, 1.82) is 0 Å². The molecule has 0 atom stereocenters. The predicted octanol–water partition coefficient (Wildman–Crippen LogP) is 4.12. The third kappa shape index (κ3) is 4.19. The van der Waals surface area contributed by atoms with Crippen LogP contribution in [0.1, 0.15) is 11.1 Å². The molecule has 0 aliphatic heterocycles. The first-order valence-corrected chi connectivity index (χ1v) is 9.14. The molecule has 134 valence electrons. The molecule has 0 saturated heterocycles. The molecule has 4 aromatic rings. The van der Waals surface area contributed by atoms with E-state index in [1.807, 2.05) is 55.5 Å². The molecule has 0 amide bonds. The SMILES string of the molecule is Cc1ccc(C=NNc2nc3nonc3nc2Nc2ccc(I)cc2)cc1. The maximum atomic E-state index is 4.71. The lowest BCUT2D eigenvalue weighted by atomic mass is 10.2. The minimum absolute atomic E-state index is 0.302. The fourth-order valence-corrected chi connectivity index (χ4v) is 2.65. The van der Waals surface area contributed by atoms with Gasteiger partial charge in [0.15, 0.2) is 11.6 Å². The lowest BCUT2D eigenvalue weighted by Gasteiger charge is -2.09. The van der Waals surface area contributed by atoms with E-state index in [1.165, 1.54) is 5.56 Å². The van der Waals surface area contributed by atoms with E-state index in [9.17, 15) is 0 Å². The number of anilines is 3. The largest absolute Gasteiger partial charge is 0.337 e. The van der Waals surface area contributed by atoms with E-state index in [0.717, 1.165) is 14.8 Å². The molecule has 2 aromatic heterocycles. The number of nitrogens with one attached hydrogen (secondary N) is 2. The molecule has 9 heteroatoms. The van der Waals surface area contributed by atoms with Gasteiger partial charge in [-0.1, -0.05) is 29.8 Å². The number of halogens is 1. The Hall–Kier alpha value is -3.08. The number of aryl methyl sites for hydroxylation is 1. The lowest BCUT2D eigenvalue weighted by molar-refractivity contribution is 0.314. The Morgan fingerprint density at radius 2 is 1.59 bits per heavy atom. The van der Waals surface area contributed by atoms with Gasteiger partial charge in [-0.25, -0.2) is 9.61 Å². The molecule has 2 heterocycles. The molecule has 2 aromatic carbocycles. The molecule has 8 nitrogen and oxygen atoms in total. The standard InChI is InChI=1S/C18H14IN7O/c1-11-2-4-12(5-3-11)10-20-24-16-15(21-14-8-6-13(19)7-9-14)22-17-18(23-16)26-27-25-17/h2-10H,1H3,(H,21,22,25)(H,23,24,26). The molecule has 0 spiro atoms. The van der Waals surface area contributed by atoms with Crippen LogP contribution in [-0.4, -0.2) is 26.5 Å². The smallest absolute Gasteiger partial charge is 0.245 e. The number of rotatable bonds is 5. The van der Waals surface area contributed by atoms with E-state index in [2.05, 4.69) is 58.7 Å². The molecule has 0 radical (unpaired) electrons. The van der Waals surface area contributed by atoms with Crippen molar-refractivity contribution in [2.75, 3.05) is 10.7 Å². The van der Waals surface area contributed by atoms with Gasteiger partial charge >= 0.3 is 0 Å². The number of hydrazone groups is 1. The second-order valence-electron chi connectivity index (χ2n) is 5.74. The Morgan fingerprint density at radius 3 is 2.30 bits per heavy atom. The second kappa shape index (κ2) is 7.66. The van der Waals surface area contributed by atoms with Crippen LogP contribution in [0.2, 0.25) is 0 Å². The molecule has 4 rings (SSSR count). The fourth-order valence-electron chi connectivity index (χ4n) is 2.29. The first-order chi connectivity index (χ1) is 13.2. The molecule has 0 saturated carbocycles. The second-order valence-corrected chi connectivity index (χ2v) is 6.99. The summed E-state index contributed by atoms with van der Waals surface area (Å²) in [6.07, 6.45) is 1.71. The van der Waals surface area contributed by atoms with Gasteiger partial charge in [-0.2, -0.15) is 10.1 Å².